The van der Waals surface area contributed by atoms with Crippen LogP contribution in [0.15, 0.2) is 0 Å². The van der Waals surface area contributed by atoms with Gasteiger partial charge in [0.2, 0.25) is 5.91 Å². The lowest BCUT2D eigenvalue weighted by atomic mass is 10.1. The van der Waals surface area contributed by atoms with Gasteiger partial charge in [0.25, 0.3) is 0 Å². The second-order valence-electron chi connectivity index (χ2n) is 4.02. The highest BCUT2D eigenvalue weighted by Crippen LogP contribution is 2.25. The van der Waals surface area contributed by atoms with Gasteiger partial charge in [-0.1, -0.05) is 0 Å². The first-order valence-corrected chi connectivity index (χ1v) is 5.30. The van der Waals surface area contributed by atoms with Gasteiger partial charge in [-0.15, -0.1) is 0 Å². The van der Waals surface area contributed by atoms with Gasteiger partial charge in [-0.05, 0) is 26.2 Å². The van der Waals surface area contributed by atoms with Crippen LogP contribution >= 0.6 is 0 Å². The van der Waals surface area contributed by atoms with Crippen molar-refractivity contribution in [2.45, 2.75) is 32.2 Å². The van der Waals surface area contributed by atoms with Gasteiger partial charge in [0.15, 0.2) is 0 Å². The topological polar surface area (TPSA) is 83.6 Å². The van der Waals surface area contributed by atoms with Crippen LogP contribution < -0.4 is 5.73 Å². The molecular formula is C10H18N2O3. The van der Waals surface area contributed by atoms with Crippen molar-refractivity contribution in [1.82, 2.24) is 4.90 Å². The van der Waals surface area contributed by atoms with Crippen LogP contribution in [0.3, 0.4) is 0 Å². The molecule has 1 rings (SSSR count). The van der Waals surface area contributed by atoms with E-state index in [0.29, 0.717) is 13.0 Å². The zero-order valence-corrected chi connectivity index (χ0v) is 8.98. The quantitative estimate of drug-likeness (QED) is 0.692. The van der Waals surface area contributed by atoms with Crippen LogP contribution in [0.5, 0.6) is 0 Å². The summed E-state index contributed by atoms with van der Waals surface area (Å²) in [7, 11) is 0. The maximum Gasteiger partial charge on any atom is 0.323 e. The predicted octanol–water partition coefficient (Wildman–Crippen LogP) is 0.0469. The molecule has 0 aromatic heterocycles. The molecule has 1 amide bonds. The molecule has 86 valence electrons. The van der Waals surface area contributed by atoms with E-state index in [2.05, 4.69) is 0 Å². The third kappa shape index (κ3) is 3.20. The maximum absolute atomic E-state index is 11.9. The summed E-state index contributed by atoms with van der Waals surface area (Å²) in [4.78, 5) is 23.8. The van der Waals surface area contributed by atoms with Crippen molar-refractivity contribution in [3.05, 3.63) is 0 Å². The standard InChI is InChI=1S/C10H18N2O3/c1-2-12(6-9(13)14)10(15)7-3-4-8(11)5-7/h7-8H,2-6,11H2,1H3,(H,13,14). The Kier molecular flexibility index (Phi) is 4.08. The molecule has 0 bridgehead atoms. The molecule has 0 heterocycles. The Morgan fingerprint density at radius 2 is 2.13 bits per heavy atom. The van der Waals surface area contributed by atoms with E-state index in [1.54, 1.807) is 6.92 Å². The molecule has 0 aromatic rings. The second kappa shape index (κ2) is 5.11. The Morgan fingerprint density at radius 3 is 2.53 bits per heavy atom. The molecule has 3 N–H and O–H groups in total. The van der Waals surface area contributed by atoms with Gasteiger partial charge in [0.1, 0.15) is 6.54 Å². The SMILES string of the molecule is CCN(CC(=O)O)C(=O)C1CCC(N)C1. The molecule has 15 heavy (non-hydrogen) atoms. The second-order valence-corrected chi connectivity index (χ2v) is 4.02. The minimum Gasteiger partial charge on any atom is -0.480 e. The number of hydrogen-bond donors (Lipinski definition) is 2. The summed E-state index contributed by atoms with van der Waals surface area (Å²) in [6, 6.07) is 0.0995. The van der Waals surface area contributed by atoms with Gasteiger partial charge in [0, 0.05) is 18.5 Å². The number of rotatable bonds is 4. The average Bonchev–Trinajstić information content (AvgIpc) is 2.60. The van der Waals surface area contributed by atoms with Gasteiger partial charge in [-0.3, -0.25) is 9.59 Å². The number of amides is 1. The largest absolute Gasteiger partial charge is 0.480 e. The fraction of sp³-hybridized carbons (Fsp3) is 0.800. The van der Waals surface area contributed by atoms with Crippen LogP contribution in [-0.2, 0) is 9.59 Å². The Hall–Kier alpha value is -1.10. The van der Waals surface area contributed by atoms with Crippen molar-refractivity contribution >= 4 is 11.9 Å². The Morgan fingerprint density at radius 1 is 1.47 bits per heavy atom. The molecule has 2 atom stereocenters. The van der Waals surface area contributed by atoms with E-state index in [1.165, 1.54) is 4.90 Å². The zero-order valence-electron chi connectivity index (χ0n) is 8.98. The van der Waals surface area contributed by atoms with Crippen LogP contribution in [0, 0.1) is 5.92 Å². The summed E-state index contributed by atoms with van der Waals surface area (Å²) >= 11 is 0. The molecule has 0 aromatic carbocycles. The summed E-state index contributed by atoms with van der Waals surface area (Å²) in [5, 5.41) is 8.64. The molecule has 2 unspecified atom stereocenters. The zero-order chi connectivity index (χ0) is 11.4. The lowest BCUT2D eigenvalue weighted by Crippen LogP contribution is -2.39. The fourth-order valence-electron chi connectivity index (χ4n) is 2.01. The van der Waals surface area contributed by atoms with E-state index in [-0.39, 0.29) is 24.4 Å². The summed E-state index contributed by atoms with van der Waals surface area (Å²) in [6.45, 7) is 2.02. The van der Waals surface area contributed by atoms with Crippen LogP contribution in [0.1, 0.15) is 26.2 Å². The van der Waals surface area contributed by atoms with Crippen molar-refractivity contribution in [3.63, 3.8) is 0 Å². The summed E-state index contributed by atoms with van der Waals surface area (Å²) in [5.74, 6) is -1.10. The van der Waals surface area contributed by atoms with Crippen molar-refractivity contribution in [1.29, 1.82) is 0 Å². The molecule has 1 saturated carbocycles. The molecule has 1 aliphatic rings. The smallest absolute Gasteiger partial charge is 0.323 e. The summed E-state index contributed by atoms with van der Waals surface area (Å²) in [5.41, 5.74) is 5.72. The molecule has 1 aliphatic carbocycles. The van der Waals surface area contributed by atoms with Crippen LogP contribution in [0.25, 0.3) is 0 Å². The van der Waals surface area contributed by atoms with E-state index >= 15 is 0 Å². The summed E-state index contributed by atoms with van der Waals surface area (Å²) < 4.78 is 0. The molecule has 0 spiro atoms. The van der Waals surface area contributed by atoms with Crippen molar-refractivity contribution in [2.24, 2.45) is 11.7 Å². The minimum absolute atomic E-state index is 0.0622. The fourth-order valence-corrected chi connectivity index (χ4v) is 2.01. The van der Waals surface area contributed by atoms with E-state index in [4.69, 9.17) is 10.8 Å². The van der Waals surface area contributed by atoms with Gasteiger partial charge in [-0.2, -0.15) is 0 Å². The molecule has 1 fully saturated rings. The first-order chi connectivity index (χ1) is 7.04. The number of carbonyl (C=O) groups is 2. The monoisotopic (exact) mass is 214 g/mol. The average molecular weight is 214 g/mol. The van der Waals surface area contributed by atoms with Gasteiger partial charge in [0.05, 0.1) is 0 Å². The number of likely N-dealkylation sites (N-methyl/N-ethyl adjacent to an activating group) is 1. The highest BCUT2D eigenvalue weighted by molar-refractivity contribution is 5.83. The molecule has 5 nitrogen and oxygen atoms in total. The number of aliphatic carboxylic acids is 1. The lowest BCUT2D eigenvalue weighted by Gasteiger charge is -2.22. The van der Waals surface area contributed by atoms with E-state index in [0.717, 1.165) is 12.8 Å². The van der Waals surface area contributed by atoms with Crippen molar-refractivity contribution in [3.8, 4) is 0 Å². The number of carboxylic acids is 1. The molecular weight excluding hydrogens is 196 g/mol. The normalized spacial score (nSPS) is 25.2. The maximum atomic E-state index is 11.9. The van der Waals surface area contributed by atoms with Crippen molar-refractivity contribution in [2.75, 3.05) is 13.1 Å². The third-order valence-corrected chi connectivity index (χ3v) is 2.84. The number of nitrogens with zero attached hydrogens (tertiary/aromatic N) is 1. The Labute approximate surface area is 89.2 Å². The third-order valence-electron chi connectivity index (χ3n) is 2.84. The van der Waals surface area contributed by atoms with E-state index < -0.39 is 5.97 Å². The molecule has 5 heteroatoms. The summed E-state index contributed by atoms with van der Waals surface area (Å²) in [6.07, 6.45) is 2.34. The lowest BCUT2D eigenvalue weighted by molar-refractivity contribution is -0.146. The first-order valence-electron chi connectivity index (χ1n) is 5.30. The van der Waals surface area contributed by atoms with Crippen LogP contribution in [0.2, 0.25) is 0 Å². The molecule has 0 aliphatic heterocycles. The minimum atomic E-state index is -0.965. The number of carboxylic acid groups (broad SMARTS) is 1. The molecule has 0 radical (unpaired) electrons. The highest BCUT2D eigenvalue weighted by atomic mass is 16.4. The Bertz CT molecular complexity index is 255. The number of hydrogen-bond acceptors (Lipinski definition) is 3. The first kappa shape index (κ1) is 12.0. The van der Waals surface area contributed by atoms with E-state index in [9.17, 15) is 9.59 Å². The van der Waals surface area contributed by atoms with Gasteiger partial charge in [-0.25, -0.2) is 0 Å². The van der Waals surface area contributed by atoms with E-state index in [1.807, 2.05) is 0 Å². The number of nitrogens with two attached hydrogens (primary N) is 1. The van der Waals surface area contributed by atoms with Gasteiger partial charge < -0.3 is 15.7 Å². The van der Waals surface area contributed by atoms with Crippen LogP contribution in [-0.4, -0.2) is 41.0 Å². The van der Waals surface area contributed by atoms with Gasteiger partial charge >= 0.3 is 5.97 Å². The highest BCUT2D eigenvalue weighted by Gasteiger charge is 2.31. The number of carbonyl (C=O) groups excluding carboxylic acids is 1. The molecule has 0 saturated heterocycles. The Balaban J connectivity index is 2.53. The van der Waals surface area contributed by atoms with Crippen molar-refractivity contribution < 1.29 is 14.7 Å². The van der Waals surface area contributed by atoms with Crippen LogP contribution in [0.4, 0.5) is 0 Å². The predicted molar refractivity (Wildman–Crippen MR) is 55.2 cm³/mol.